The Morgan fingerprint density at radius 1 is 1.07 bits per heavy atom. The van der Waals surface area contributed by atoms with Crippen molar-refractivity contribution >= 4 is 22.9 Å². The number of thiazole rings is 1. The van der Waals surface area contributed by atoms with Crippen LogP contribution in [0.1, 0.15) is 16.7 Å². The molecule has 0 unspecified atom stereocenters. The Hall–Kier alpha value is -0.860. The quantitative estimate of drug-likeness (QED) is 0.717. The second-order valence-corrected chi connectivity index (χ2v) is 5.18. The summed E-state index contributed by atoms with van der Waals surface area (Å²) < 4.78 is 0.600. The maximum absolute atomic E-state index is 5.84. The molecule has 1 nitrogen and oxygen atoms in total. The van der Waals surface area contributed by atoms with Crippen LogP contribution in [0.3, 0.4) is 0 Å². The maximum Gasteiger partial charge on any atom is 0.184 e. The second-order valence-electron chi connectivity index (χ2n) is 3.74. The molecule has 0 N–H and O–H groups in total. The van der Waals surface area contributed by atoms with Crippen molar-refractivity contribution in [1.29, 1.82) is 0 Å². The van der Waals surface area contributed by atoms with Crippen LogP contribution in [0.15, 0.2) is 17.5 Å². The largest absolute Gasteiger partial charge is 0.225 e. The number of rotatable bonds is 1. The molecule has 78 valence electrons. The van der Waals surface area contributed by atoms with E-state index in [9.17, 15) is 0 Å². The van der Waals surface area contributed by atoms with E-state index in [0.29, 0.717) is 4.47 Å². The lowest BCUT2D eigenvalue weighted by molar-refractivity contribution is 1.28. The van der Waals surface area contributed by atoms with Crippen LogP contribution >= 0.6 is 22.9 Å². The number of hydrogen-bond acceptors (Lipinski definition) is 2. The van der Waals surface area contributed by atoms with E-state index in [1.807, 2.05) is 5.38 Å². The minimum Gasteiger partial charge on any atom is -0.225 e. The number of benzene rings is 1. The monoisotopic (exact) mass is 237 g/mol. The molecule has 0 aliphatic heterocycles. The topological polar surface area (TPSA) is 12.9 Å². The van der Waals surface area contributed by atoms with Crippen molar-refractivity contribution in [3.63, 3.8) is 0 Å². The van der Waals surface area contributed by atoms with E-state index < -0.39 is 0 Å². The van der Waals surface area contributed by atoms with Crippen molar-refractivity contribution in [2.24, 2.45) is 0 Å². The van der Waals surface area contributed by atoms with Gasteiger partial charge in [-0.25, -0.2) is 4.98 Å². The van der Waals surface area contributed by atoms with Gasteiger partial charge in [-0.2, -0.15) is 0 Å². The molecule has 15 heavy (non-hydrogen) atoms. The number of halogens is 1. The van der Waals surface area contributed by atoms with E-state index in [1.54, 1.807) is 0 Å². The third-order valence-electron chi connectivity index (χ3n) is 2.59. The molecule has 2 rings (SSSR count). The molecular formula is C12H12ClNS. The van der Waals surface area contributed by atoms with Crippen LogP contribution in [0.4, 0.5) is 0 Å². The third-order valence-corrected chi connectivity index (χ3v) is 3.57. The normalized spacial score (nSPS) is 10.7. The number of aryl methyl sites for hydroxylation is 3. The Bertz CT molecular complexity index is 502. The third kappa shape index (κ3) is 2.06. The van der Waals surface area contributed by atoms with Gasteiger partial charge in [0.2, 0.25) is 0 Å². The summed E-state index contributed by atoms with van der Waals surface area (Å²) in [6.45, 7) is 6.35. The van der Waals surface area contributed by atoms with E-state index in [2.05, 4.69) is 37.9 Å². The molecule has 0 aliphatic rings. The first-order valence-electron chi connectivity index (χ1n) is 4.77. The van der Waals surface area contributed by atoms with Gasteiger partial charge in [-0.15, -0.1) is 11.3 Å². The molecule has 0 atom stereocenters. The summed E-state index contributed by atoms with van der Waals surface area (Å²) in [6.07, 6.45) is 0. The number of nitrogens with zero attached hydrogens (tertiary/aromatic N) is 1. The van der Waals surface area contributed by atoms with Crippen molar-refractivity contribution < 1.29 is 0 Å². The van der Waals surface area contributed by atoms with Crippen LogP contribution in [0, 0.1) is 20.8 Å². The zero-order chi connectivity index (χ0) is 11.0. The molecule has 0 saturated heterocycles. The molecule has 3 heteroatoms. The SMILES string of the molecule is Cc1cc(C)c(-c2csc(Cl)n2)cc1C. The Kier molecular flexibility index (Phi) is 2.81. The van der Waals surface area contributed by atoms with E-state index in [1.165, 1.54) is 33.6 Å². The Morgan fingerprint density at radius 3 is 2.33 bits per heavy atom. The highest BCUT2D eigenvalue weighted by Crippen LogP contribution is 2.29. The second kappa shape index (κ2) is 3.95. The molecule has 0 amide bonds. The predicted molar refractivity (Wildman–Crippen MR) is 66.8 cm³/mol. The molecule has 1 aromatic heterocycles. The van der Waals surface area contributed by atoms with Gasteiger partial charge in [0.05, 0.1) is 5.69 Å². The van der Waals surface area contributed by atoms with Gasteiger partial charge >= 0.3 is 0 Å². The molecule has 1 heterocycles. The summed E-state index contributed by atoms with van der Waals surface area (Å²) in [7, 11) is 0. The van der Waals surface area contributed by atoms with Gasteiger partial charge in [0, 0.05) is 10.9 Å². The van der Waals surface area contributed by atoms with Crippen molar-refractivity contribution in [2.75, 3.05) is 0 Å². The molecule has 0 fully saturated rings. The van der Waals surface area contributed by atoms with E-state index >= 15 is 0 Å². The van der Waals surface area contributed by atoms with Crippen LogP contribution in [0.25, 0.3) is 11.3 Å². The van der Waals surface area contributed by atoms with Crippen molar-refractivity contribution in [1.82, 2.24) is 4.98 Å². The average molecular weight is 238 g/mol. The van der Waals surface area contributed by atoms with E-state index in [-0.39, 0.29) is 0 Å². The zero-order valence-corrected chi connectivity index (χ0v) is 10.5. The molecule has 0 radical (unpaired) electrons. The first-order chi connectivity index (χ1) is 7.08. The highest BCUT2D eigenvalue weighted by Gasteiger charge is 2.07. The molecule has 0 saturated carbocycles. The van der Waals surface area contributed by atoms with Crippen LogP contribution in [0.5, 0.6) is 0 Å². The first-order valence-corrected chi connectivity index (χ1v) is 6.03. The van der Waals surface area contributed by atoms with E-state index in [4.69, 9.17) is 11.6 Å². The van der Waals surface area contributed by atoms with Crippen molar-refractivity contribution in [3.8, 4) is 11.3 Å². The summed E-state index contributed by atoms with van der Waals surface area (Å²) >= 11 is 7.31. The molecular weight excluding hydrogens is 226 g/mol. The van der Waals surface area contributed by atoms with Gasteiger partial charge in [-0.05, 0) is 43.5 Å². The van der Waals surface area contributed by atoms with Gasteiger partial charge in [-0.3, -0.25) is 0 Å². The lowest BCUT2D eigenvalue weighted by Crippen LogP contribution is -1.88. The first kappa shape index (κ1) is 10.7. The van der Waals surface area contributed by atoms with Crippen LogP contribution in [-0.4, -0.2) is 4.98 Å². The summed E-state index contributed by atoms with van der Waals surface area (Å²) in [4.78, 5) is 4.30. The zero-order valence-electron chi connectivity index (χ0n) is 8.97. The van der Waals surface area contributed by atoms with Gasteiger partial charge in [0.15, 0.2) is 4.47 Å². The van der Waals surface area contributed by atoms with Crippen molar-refractivity contribution in [2.45, 2.75) is 20.8 Å². The lowest BCUT2D eigenvalue weighted by atomic mass is 9.99. The van der Waals surface area contributed by atoms with Crippen LogP contribution in [-0.2, 0) is 0 Å². The highest BCUT2D eigenvalue weighted by molar-refractivity contribution is 7.14. The summed E-state index contributed by atoms with van der Waals surface area (Å²) in [5.41, 5.74) is 6.02. The fraction of sp³-hybridized carbons (Fsp3) is 0.250. The standard InChI is InChI=1S/C12H12ClNS/c1-7-4-9(3)10(5-8(7)2)11-6-15-12(13)14-11/h4-6H,1-3H3. The molecule has 0 spiro atoms. The summed E-state index contributed by atoms with van der Waals surface area (Å²) in [5, 5.41) is 2.00. The lowest BCUT2D eigenvalue weighted by Gasteiger charge is -2.07. The minimum absolute atomic E-state index is 0.600. The summed E-state index contributed by atoms with van der Waals surface area (Å²) in [6, 6.07) is 4.37. The molecule has 0 aliphatic carbocycles. The maximum atomic E-state index is 5.84. The van der Waals surface area contributed by atoms with Gasteiger partial charge in [0.25, 0.3) is 0 Å². The summed E-state index contributed by atoms with van der Waals surface area (Å²) in [5.74, 6) is 0. The van der Waals surface area contributed by atoms with Crippen LogP contribution in [0.2, 0.25) is 4.47 Å². The van der Waals surface area contributed by atoms with Crippen molar-refractivity contribution in [3.05, 3.63) is 38.7 Å². The predicted octanol–water partition coefficient (Wildman–Crippen LogP) is 4.39. The fourth-order valence-electron chi connectivity index (χ4n) is 1.61. The smallest absolute Gasteiger partial charge is 0.184 e. The molecule has 2 aromatic rings. The molecule has 0 bridgehead atoms. The fourth-order valence-corrected chi connectivity index (χ4v) is 2.38. The minimum atomic E-state index is 0.600. The highest BCUT2D eigenvalue weighted by atomic mass is 35.5. The Morgan fingerprint density at radius 2 is 1.73 bits per heavy atom. The van der Waals surface area contributed by atoms with Crippen LogP contribution < -0.4 is 0 Å². The van der Waals surface area contributed by atoms with Gasteiger partial charge < -0.3 is 0 Å². The Labute approximate surface area is 98.7 Å². The Balaban J connectivity index is 2.58. The number of aromatic nitrogens is 1. The molecule has 1 aromatic carbocycles. The average Bonchev–Trinajstić information content (AvgIpc) is 2.58. The van der Waals surface area contributed by atoms with Gasteiger partial charge in [0.1, 0.15) is 0 Å². The van der Waals surface area contributed by atoms with E-state index in [0.717, 1.165) is 5.69 Å². The van der Waals surface area contributed by atoms with Gasteiger partial charge in [-0.1, -0.05) is 17.7 Å². The number of hydrogen-bond donors (Lipinski definition) is 0.